The Morgan fingerprint density at radius 3 is 2.88 bits per heavy atom. The van der Waals surface area contributed by atoms with Crippen molar-refractivity contribution < 1.29 is 4.79 Å². The second-order valence-corrected chi connectivity index (χ2v) is 5.75. The minimum atomic E-state index is -0.244. The van der Waals surface area contributed by atoms with Crippen LogP contribution in [0.25, 0.3) is 0 Å². The van der Waals surface area contributed by atoms with E-state index in [1.54, 1.807) is 18.5 Å². The van der Waals surface area contributed by atoms with Gasteiger partial charge in [0.25, 0.3) is 5.91 Å². The summed E-state index contributed by atoms with van der Waals surface area (Å²) in [4.78, 5) is 11.9. The molecule has 0 aliphatic rings. The predicted octanol–water partition coefficient (Wildman–Crippen LogP) is 3.27. The smallest absolute Gasteiger partial charge is 0.254 e. The third-order valence-corrected chi connectivity index (χ3v) is 3.76. The van der Waals surface area contributed by atoms with E-state index >= 15 is 0 Å². The zero-order valence-electron chi connectivity index (χ0n) is 8.83. The van der Waals surface area contributed by atoms with E-state index in [1.165, 1.54) is 11.3 Å². The average molecular weight is 290 g/mol. The summed E-state index contributed by atoms with van der Waals surface area (Å²) in [7, 11) is 0. The third kappa shape index (κ3) is 2.80. The highest BCUT2D eigenvalue weighted by Crippen LogP contribution is 2.31. The van der Waals surface area contributed by atoms with Crippen molar-refractivity contribution in [1.29, 1.82) is 0 Å². The van der Waals surface area contributed by atoms with E-state index in [2.05, 4.69) is 15.5 Å². The molecule has 2 rings (SSSR count). The first-order valence-corrected chi connectivity index (χ1v) is 6.39. The molecule has 0 bridgehead atoms. The van der Waals surface area contributed by atoms with E-state index in [-0.39, 0.29) is 11.9 Å². The standard InChI is InChI=1S/C10H9Cl2N3OS/c1-5(6-3-13-14-4-6)15-10(16)7-2-8(11)17-9(7)12/h2-5H,1H3,(H,13,14)(H,15,16). The van der Waals surface area contributed by atoms with Gasteiger partial charge in [0.2, 0.25) is 0 Å². The van der Waals surface area contributed by atoms with E-state index < -0.39 is 0 Å². The Hall–Kier alpha value is -1.04. The summed E-state index contributed by atoms with van der Waals surface area (Å²) in [6, 6.07) is 1.42. The number of nitrogens with zero attached hydrogens (tertiary/aromatic N) is 1. The zero-order chi connectivity index (χ0) is 12.4. The second-order valence-electron chi connectivity index (χ2n) is 3.46. The molecule has 0 aliphatic heterocycles. The highest BCUT2D eigenvalue weighted by Gasteiger charge is 2.17. The summed E-state index contributed by atoms with van der Waals surface area (Å²) in [5, 5.41) is 9.33. The van der Waals surface area contributed by atoms with Crippen molar-refractivity contribution in [2.45, 2.75) is 13.0 Å². The van der Waals surface area contributed by atoms with Crippen molar-refractivity contribution in [2.75, 3.05) is 0 Å². The van der Waals surface area contributed by atoms with Gasteiger partial charge in [-0.15, -0.1) is 11.3 Å². The van der Waals surface area contributed by atoms with Gasteiger partial charge in [-0.25, -0.2) is 0 Å². The normalized spacial score (nSPS) is 12.4. The van der Waals surface area contributed by atoms with E-state index in [0.29, 0.717) is 14.2 Å². The van der Waals surface area contributed by atoms with Gasteiger partial charge in [-0.1, -0.05) is 23.2 Å². The first-order valence-electron chi connectivity index (χ1n) is 4.82. The molecule has 0 radical (unpaired) electrons. The van der Waals surface area contributed by atoms with Crippen LogP contribution in [0.4, 0.5) is 0 Å². The molecular weight excluding hydrogens is 281 g/mol. The summed E-state index contributed by atoms with van der Waals surface area (Å²) in [5.74, 6) is -0.244. The molecule has 17 heavy (non-hydrogen) atoms. The molecule has 0 saturated heterocycles. The quantitative estimate of drug-likeness (QED) is 0.911. The Morgan fingerprint density at radius 1 is 1.59 bits per heavy atom. The Kier molecular flexibility index (Phi) is 3.71. The number of hydrogen-bond donors (Lipinski definition) is 2. The van der Waals surface area contributed by atoms with Crippen LogP contribution in [0.2, 0.25) is 8.67 Å². The molecule has 2 aromatic heterocycles. The Balaban J connectivity index is 2.09. The molecule has 0 aromatic carbocycles. The number of H-pyrrole nitrogens is 1. The van der Waals surface area contributed by atoms with Gasteiger partial charge < -0.3 is 5.32 Å². The Bertz CT molecular complexity index is 524. The monoisotopic (exact) mass is 289 g/mol. The number of aromatic amines is 1. The topological polar surface area (TPSA) is 57.8 Å². The van der Waals surface area contributed by atoms with Crippen LogP contribution in [0.1, 0.15) is 28.9 Å². The van der Waals surface area contributed by atoms with Gasteiger partial charge in [0.1, 0.15) is 4.34 Å². The summed E-state index contributed by atoms with van der Waals surface area (Å²) in [5.41, 5.74) is 1.30. The molecule has 1 unspecified atom stereocenters. The maximum atomic E-state index is 11.9. The highest BCUT2D eigenvalue weighted by atomic mass is 35.5. The molecule has 90 valence electrons. The SMILES string of the molecule is CC(NC(=O)c1cc(Cl)sc1Cl)c1cn[nH]c1. The third-order valence-electron chi connectivity index (χ3n) is 2.27. The lowest BCUT2D eigenvalue weighted by Gasteiger charge is -2.11. The van der Waals surface area contributed by atoms with Crippen molar-refractivity contribution in [2.24, 2.45) is 0 Å². The maximum absolute atomic E-state index is 11.9. The Morgan fingerprint density at radius 2 is 2.35 bits per heavy atom. The minimum absolute atomic E-state index is 0.143. The molecule has 2 aromatic rings. The lowest BCUT2D eigenvalue weighted by molar-refractivity contribution is 0.0940. The van der Waals surface area contributed by atoms with Crippen molar-refractivity contribution in [1.82, 2.24) is 15.5 Å². The van der Waals surface area contributed by atoms with Crippen LogP contribution in [-0.2, 0) is 0 Å². The van der Waals surface area contributed by atoms with E-state index in [1.807, 2.05) is 6.92 Å². The fourth-order valence-corrected chi connectivity index (χ4v) is 2.81. The van der Waals surface area contributed by atoms with Gasteiger partial charge >= 0.3 is 0 Å². The van der Waals surface area contributed by atoms with Crippen LogP contribution >= 0.6 is 34.5 Å². The van der Waals surface area contributed by atoms with Crippen LogP contribution < -0.4 is 5.32 Å². The molecule has 1 amide bonds. The molecule has 4 nitrogen and oxygen atoms in total. The van der Waals surface area contributed by atoms with E-state index in [9.17, 15) is 4.79 Å². The van der Waals surface area contributed by atoms with E-state index in [4.69, 9.17) is 23.2 Å². The lowest BCUT2D eigenvalue weighted by atomic mass is 10.2. The summed E-state index contributed by atoms with van der Waals surface area (Å²) < 4.78 is 0.892. The zero-order valence-corrected chi connectivity index (χ0v) is 11.2. The highest BCUT2D eigenvalue weighted by molar-refractivity contribution is 7.20. The van der Waals surface area contributed by atoms with Crippen molar-refractivity contribution in [3.05, 3.63) is 38.3 Å². The molecule has 2 N–H and O–H groups in total. The van der Waals surface area contributed by atoms with E-state index in [0.717, 1.165) is 5.56 Å². The number of carbonyl (C=O) groups excluding carboxylic acids is 1. The van der Waals surface area contributed by atoms with Crippen molar-refractivity contribution >= 4 is 40.4 Å². The number of aromatic nitrogens is 2. The fourth-order valence-electron chi connectivity index (χ4n) is 1.35. The van der Waals surface area contributed by atoms with Crippen LogP contribution in [0.5, 0.6) is 0 Å². The molecule has 1 atom stereocenters. The van der Waals surface area contributed by atoms with Crippen LogP contribution in [0.15, 0.2) is 18.5 Å². The van der Waals surface area contributed by atoms with Gasteiger partial charge in [0, 0.05) is 11.8 Å². The van der Waals surface area contributed by atoms with Crippen molar-refractivity contribution in [3.8, 4) is 0 Å². The first kappa shape index (κ1) is 12.4. The molecule has 0 fully saturated rings. The van der Waals surface area contributed by atoms with Gasteiger partial charge in [-0.2, -0.15) is 5.10 Å². The number of amides is 1. The number of carbonyl (C=O) groups is 1. The molecular formula is C10H9Cl2N3OS. The molecule has 7 heteroatoms. The van der Waals surface area contributed by atoms with Gasteiger partial charge in [0.05, 0.1) is 22.1 Å². The van der Waals surface area contributed by atoms with Crippen LogP contribution in [0.3, 0.4) is 0 Å². The van der Waals surface area contributed by atoms with Crippen molar-refractivity contribution in [3.63, 3.8) is 0 Å². The lowest BCUT2D eigenvalue weighted by Crippen LogP contribution is -2.26. The Labute approximate surface area is 112 Å². The summed E-state index contributed by atoms with van der Waals surface area (Å²) in [6.45, 7) is 1.87. The number of hydrogen-bond acceptors (Lipinski definition) is 3. The second kappa shape index (κ2) is 5.08. The molecule has 0 spiro atoms. The van der Waals surface area contributed by atoms with Gasteiger partial charge in [-0.05, 0) is 13.0 Å². The maximum Gasteiger partial charge on any atom is 0.254 e. The first-order chi connectivity index (χ1) is 8.08. The molecule has 0 aliphatic carbocycles. The molecule has 2 heterocycles. The number of halogens is 2. The summed E-state index contributed by atoms with van der Waals surface area (Å²) >= 11 is 12.9. The largest absolute Gasteiger partial charge is 0.345 e. The fraction of sp³-hybridized carbons (Fsp3) is 0.200. The predicted molar refractivity (Wildman–Crippen MR) is 68.8 cm³/mol. The summed E-state index contributed by atoms with van der Waals surface area (Å²) in [6.07, 6.45) is 3.39. The minimum Gasteiger partial charge on any atom is -0.345 e. The number of rotatable bonds is 3. The van der Waals surface area contributed by atoms with Crippen LogP contribution in [-0.4, -0.2) is 16.1 Å². The van der Waals surface area contributed by atoms with Gasteiger partial charge in [-0.3, -0.25) is 9.89 Å². The van der Waals surface area contributed by atoms with Crippen LogP contribution in [0, 0.1) is 0 Å². The van der Waals surface area contributed by atoms with Gasteiger partial charge in [0.15, 0.2) is 0 Å². The average Bonchev–Trinajstić information content (AvgIpc) is 2.87. The number of thiophene rings is 1. The molecule has 0 saturated carbocycles. The number of nitrogens with one attached hydrogen (secondary N) is 2.